The smallest absolute Gasteiger partial charge is 0.277 e. The fraction of sp³-hybridized carbons (Fsp3) is 0.312. The second kappa shape index (κ2) is 5.05. The molecule has 1 aliphatic carbocycles. The van der Waals surface area contributed by atoms with Crippen molar-refractivity contribution in [2.24, 2.45) is 0 Å². The molecule has 0 N–H and O–H groups in total. The number of rotatable bonds is 2. The van der Waals surface area contributed by atoms with Gasteiger partial charge in [0.25, 0.3) is 5.91 Å². The van der Waals surface area contributed by atoms with Crippen LogP contribution in [0.2, 0.25) is 0 Å². The Kier molecular flexibility index (Phi) is 3.03. The molecule has 5 nitrogen and oxygen atoms in total. The minimum Gasteiger partial charge on any atom is -0.489 e. The second-order valence-electron chi connectivity index (χ2n) is 5.47. The molecule has 0 spiro atoms. The number of aromatic nitrogens is 2. The van der Waals surface area contributed by atoms with Crippen molar-refractivity contribution >= 4 is 11.6 Å². The summed E-state index contributed by atoms with van der Waals surface area (Å²) >= 11 is 0. The Hall–Kier alpha value is -2.50. The average Bonchev–Trinajstić information content (AvgIpc) is 3.39. The molecule has 6 heteroatoms. The molecule has 1 aromatic carbocycles. The second-order valence-corrected chi connectivity index (χ2v) is 5.47. The lowest BCUT2D eigenvalue weighted by Gasteiger charge is -2.29. The van der Waals surface area contributed by atoms with Gasteiger partial charge in [-0.25, -0.2) is 14.4 Å². The molecule has 0 radical (unpaired) electrons. The first-order valence-electron chi connectivity index (χ1n) is 7.30. The van der Waals surface area contributed by atoms with Crippen LogP contribution in [0.1, 0.15) is 35.1 Å². The summed E-state index contributed by atoms with van der Waals surface area (Å²) in [6.07, 6.45) is 3.72. The van der Waals surface area contributed by atoms with Crippen LogP contribution in [0.25, 0.3) is 0 Å². The minimum atomic E-state index is -0.470. The summed E-state index contributed by atoms with van der Waals surface area (Å²) in [5, 5.41) is 0. The van der Waals surface area contributed by atoms with E-state index in [1.807, 2.05) is 0 Å². The Labute approximate surface area is 126 Å². The molecule has 1 amide bonds. The fourth-order valence-electron chi connectivity index (χ4n) is 2.61. The number of carbonyl (C=O) groups excluding carboxylic acids is 1. The van der Waals surface area contributed by atoms with E-state index < -0.39 is 5.82 Å². The van der Waals surface area contributed by atoms with E-state index in [0.717, 1.165) is 12.8 Å². The van der Waals surface area contributed by atoms with E-state index in [4.69, 9.17) is 4.74 Å². The molecule has 2 heterocycles. The van der Waals surface area contributed by atoms with E-state index in [2.05, 4.69) is 9.97 Å². The quantitative estimate of drug-likeness (QED) is 0.855. The van der Waals surface area contributed by atoms with Crippen molar-refractivity contribution < 1.29 is 13.9 Å². The first-order chi connectivity index (χ1) is 10.7. The van der Waals surface area contributed by atoms with Crippen molar-refractivity contribution in [2.45, 2.75) is 18.8 Å². The van der Waals surface area contributed by atoms with Crippen molar-refractivity contribution in [3.05, 3.63) is 47.8 Å². The van der Waals surface area contributed by atoms with Crippen LogP contribution < -0.4 is 9.64 Å². The first-order valence-corrected chi connectivity index (χ1v) is 7.30. The van der Waals surface area contributed by atoms with Gasteiger partial charge in [-0.2, -0.15) is 0 Å². The topological polar surface area (TPSA) is 55.3 Å². The molecule has 0 bridgehead atoms. The molecule has 0 atom stereocenters. The number of nitrogens with zero attached hydrogens (tertiary/aromatic N) is 3. The van der Waals surface area contributed by atoms with Gasteiger partial charge in [-0.05, 0) is 31.0 Å². The zero-order chi connectivity index (χ0) is 15.1. The molecule has 2 aromatic rings. The van der Waals surface area contributed by atoms with Gasteiger partial charge in [-0.3, -0.25) is 9.69 Å². The predicted molar refractivity (Wildman–Crippen MR) is 77.6 cm³/mol. The van der Waals surface area contributed by atoms with Gasteiger partial charge in [0.1, 0.15) is 29.6 Å². The lowest BCUT2D eigenvalue weighted by Crippen LogP contribution is -2.39. The number of para-hydroxylation sites is 1. The number of hydrogen-bond donors (Lipinski definition) is 0. The van der Waals surface area contributed by atoms with E-state index in [1.54, 1.807) is 24.4 Å². The molecule has 0 saturated heterocycles. The van der Waals surface area contributed by atoms with Gasteiger partial charge in [-0.15, -0.1) is 0 Å². The van der Waals surface area contributed by atoms with Gasteiger partial charge in [0.2, 0.25) is 0 Å². The van der Waals surface area contributed by atoms with Crippen LogP contribution in [0.15, 0.2) is 30.5 Å². The highest BCUT2D eigenvalue weighted by molar-refractivity contribution is 6.05. The van der Waals surface area contributed by atoms with Gasteiger partial charge in [0, 0.05) is 12.1 Å². The number of ether oxygens (including phenoxy) is 1. The van der Waals surface area contributed by atoms with Crippen LogP contribution in [0.5, 0.6) is 5.75 Å². The third kappa shape index (κ3) is 2.20. The molecular weight excluding hydrogens is 285 g/mol. The van der Waals surface area contributed by atoms with Crippen LogP contribution in [-0.4, -0.2) is 29.0 Å². The number of carbonyl (C=O) groups is 1. The Morgan fingerprint density at radius 3 is 3.00 bits per heavy atom. The molecular formula is C16H14FN3O2. The summed E-state index contributed by atoms with van der Waals surface area (Å²) in [6, 6.07) is 6.12. The van der Waals surface area contributed by atoms with Crippen LogP contribution in [0, 0.1) is 5.82 Å². The zero-order valence-electron chi connectivity index (χ0n) is 11.8. The van der Waals surface area contributed by atoms with Crippen LogP contribution in [-0.2, 0) is 0 Å². The number of benzene rings is 1. The van der Waals surface area contributed by atoms with Crippen LogP contribution >= 0.6 is 0 Å². The normalized spacial score (nSPS) is 16.9. The van der Waals surface area contributed by atoms with Crippen molar-refractivity contribution in [1.29, 1.82) is 0 Å². The van der Waals surface area contributed by atoms with E-state index in [0.29, 0.717) is 36.3 Å². The summed E-state index contributed by atoms with van der Waals surface area (Å²) in [7, 11) is 0. The first kappa shape index (κ1) is 13.2. The van der Waals surface area contributed by atoms with Crippen molar-refractivity contribution in [3.63, 3.8) is 0 Å². The fourth-order valence-corrected chi connectivity index (χ4v) is 2.61. The van der Waals surface area contributed by atoms with E-state index in [1.165, 1.54) is 11.0 Å². The predicted octanol–water partition coefficient (Wildman–Crippen LogP) is 2.53. The Morgan fingerprint density at radius 1 is 1.32 bits per heavy atom. The number of fused-ring (bicyclic) bond motifs is 1. The summed E-state index contributed by atoms with van der Waals surface area (Å²) in [4.78, 5) is 22.7. The Balaban J connectivity index is 1.71. The van der Waals surface area contributed by atoms with Gasteiger partial charge < -0.3 is 4.74 Å². The molecule has 0 unspecified atom stereocenters. The summed E-state index contributed by atoms with van der Waals surface area (Å²) in [5.41, 5.74) is 0.485. The van der Waals surface area contributed by atoms with Crippen LogP contribution in [0.4, 0.5) is 10.1 Å². The molecule has 1 fully saturated rings. The zero-order valence-corrected chi connectivity index (χ0v) is 11.8. The molecule has 22 heavy (non-hydrogen) atoms. The number of halogens is 1. The van der Waals surface area contributed by atoms with Gasteiger partial charge in [0.05, 0.1) is 6.54 Å². The van der Waals surface area contributed by atoms with Crippen molar-refractivity contribution in [3.8, 4) is 5.75 Å². The SMILES string of the molecule is O=C(c1ccnc(C2CC2)n1)N1CCOc2cccc(F)c21. The Morgan fingerprint density at radius 2 is 2.18 bits per heavy atom. The third-order valence-electron chi connectivity index (χ3n) is 3.87. The largest absolute Gasteiger partial charge is 0.489 e. The highest BCUT2D eigenvalue weighted by Gasteiger charge is 2.30. The van der Waals surface area contributed by atoms with Crippen molar-refractivity contribution in [1.82, 2.24) is 9.97 Å². The minimum absolute atomic E-state index is 0.185. The van der Waals surface area contributed by atoms with Gasteiger partial charge in [-0.1, -0.05) is 6.07 Å². The third-order valence-corrected chi connectivity index (χ3v) is 3.87. The maximum atomic E-state index is 14.1. The van der Waals surface area contributed by atoms with Gasteiger partial charge >= 0.3 is 0 Å². The monoisotopic (exact) mass is 299 g/mol. The summed E-state index contributed by atoms with van der Waals surface area (Å²) < 4.78 is 19.5. The maximum Gasteiger partial charge on any atom is 0.277 e. The molecule has 1 aromatic heterocycles. The van der Waals surface area contributed by atoms with E-state index in [-0.39, 0.29) is 11.6 Å². The average molecular weight is 299 g/mol. The van der Waals surface area contributed by atoms with Crippen molar-refractivity contribution in [2.75, 3.05) is 18.1 Å². The Bertz CT molecular complexity index is 746. The molecule has 1 aliphatic heterocycles. The highest BCUT2D eigenvalue weighted by atomic mass is 19.1. The number of amides is 1. The molecule has 112 valence electrons. The number of hydrogen-bond acceptors (Lipinski definition) is 4. The lowest BCUT2D eigenvalue weighted by molar-refractivity contribution is 0.0970. The molecule has 4 rings (SSSR count). The number of anilines is 1. The van der Waals surface area contributed by atoms with Gasteiger partial charge in [0.15, 0.2) is 5.82 Å². The van der Waals surface area contributed by atoms with E-state index in [9.17, 15) is 9.18 Å². The maximum absolute atomic E-state index is 14.1. The van der Waals surface area contributed by atoms with Crippen LogP contribution in [0.3, 0.4) is 0 Å². The lowest BCUT2D eigenvalue weighted by atomic mass is 10.2. The van der Waals surface area contributed by atoms with E-state index >= 15 is 0 Å². The summed E-state index contributed by atoms with van der Waals surface area (Å²) in [6.45, 7) is 0.637. The molecule has 2 aliphatic rings. The standard InChI is InChI=1S/C16H14FN3O2/c17-11-2-1-3-13-14(11)20(8-9-22-13)16(21)12-6-7-18-15(19-12)10-4-5-10/h1-3,6-7,10H,4-5,8-9H2. The summed E-state index contributed by atoms with van der Waals surface area (Å²) in [5.74, 6) is 0.659. The highest BCUT2D eigenvalue weighted by Crippen LogP contribution is 2.38. The molecule has 1 saturated carbocycles.